The van der Waals surface area contributed by atoms with E-state index < -0.39 is 0 Å². The molecule has 98 valence electrons. The van der Waals surface area contributed by atoms with Crippen LogP contribution in [0.1, 0.15) is 10.4 Å². The van der Waals surface area contributed by atoms with E-state index in [1.165, 1.54) is 18.2 Å². The molecule has 0 saturated heterocycles. The number of nitrogens with one attached hydrogen (secondary N) is 2. The predicted molar refractivity (Wildman–Crippen MR) is 80.9 cm³/mol. The van der Waals surface area contributed by atoms with Crippen molar-refractivity contribution >= 4 is 40.0 Å². The Morgan fingerprint density at radius 3 is 2.79 bits per heavy atom. The van der Waals surface area contributed by atoms with Gasteiger partial charge in [-0.15, -0.1) is 0 Å². The fourth-order valence-corrected chi connectivity index (χ4v) is 2.11. The number of pyridine rings is 1. The first kappa shape index (κ1) is 13.7. The molecule has 19 heavy (non-hydrogen) atoms. The Bertz CT molecular complexity index is 619. The normalized spacial score (nSPS) is 10.1. The Labute approximate surface area is 123 Å². The van der Waals surface area contributed by atoms with Gasteiger partial charge in [0.1, 0.15) is 11.6 Å². The van der Waals surface area contributed by atoms with Gasteiger partial charge in [0.25, 0.3) is 5.91 Å². The monoisotopic (exact) mass is 371 g/mol. The smallest absolute Gasteiger partial charge is 0.255 e. The van der Waals surface area contributed by atoms with E-state index in [-0.39, 0.29) is 11.7 Å². The third-order valence-electron chi connectivity index (χ3n) is 2.46. The largest absolute Gasteiger partial charge is 0.373 e. The van der Waals surface area contributed by atoms with Gasteiger partial charge in [-0.3, -0.25) is 4.79 Å². The molecule has 2 N–H and O–H groups in total. The van der Waals surface area contributed by atoms with Crippen molar-refractivity contribution in [2.24, 2.45) is 0 Å². The van der Waals surface area contributed by atoms with Crippen LogP contribution in [0.5, 0.6) is 0 Å². The summed E-state index contributed by atoms with van der Waals surface area (Å²) in [7, 11) is 1.73. The van der Waals surface area contributed by atoms with Gasteiger partial charge in [-0.05, 0) is 52.9 Å². The molecule has 1 aromatic heterocycles. The summed E-state index contributed by atoms with van der Waals surface area (Å²) in [5, 5.41) is 5.60. The molecule has 1 aromatic carbocycles. The van der Waals surface area contributed by atoms with Crippen molar-refractivity contribution in [3.05, 3.63) is 51.5 Å². The number of amides is 1. The maximum atomic E-state index is 13.0. The summed E-state index contributed by atoms with van der Waals surface area (Å²) in [6.45, 7) is 0. The second-order valence-electron chi connectivity index (χ2n) is 3.76. The lowest BCUT2D eigenvalue weighted by Crippen LogP contribution is -2.13. The summed E-state index contributed by atoms with van der Waals surface area (Å²) in [5.41, 5.74) is 1.06. The minimum atomic E-state index is -0.330. The highest BCUT2D eigenvalue weighted by molar-refractivity contribution is 14.1. The quantitative estimate of drug-likeness (QED) is 0.816. The van der Waals surface area contributed by atoms with Crippen molar-refractivity contribution in [2.45, 2.75) is 0 Å². The number of halogens is 2. The third kappa shape index (κ3) is 3.40. The van der Waals surface area contributed by atoms with E-state index in [1.807, 2.05) is 22.6 Å². The van der Waals surface area contributed by atoms with Crippen LogP contribution in [0, 0.1) is 9.39 Å². The number of nitrogens with zero attached hydrogens (tertiary/aromatic N) is 1. The Hall–Kier alpha value is -1.70. The third-order valence-corrected chi connectivity index (χ3v) is 3.35. The van der Waals surface area contributed by atoms with Crippen LogP contribution in [0.15, 0.2) is 36.5 Å². The molecular formula is C13H11FIN3O. The topological polar surface area (TPSA) is 54.0 Å². The summed E-state index contributed by atoms with van der Waals surface area (Å²) in [6.07, 6.45) is 1.55. The van der Waals surface area contributed by atoms with E-state index in [1.54, 1.807) is 25.4 Å². The van der Waals surface area contributed by atoms with Crippen molar-refractivity contribution in [1.29, 1.82) is 0 Å². The van der Waals surface area contributed by atoms with Crippen LogP contribution in [0.2, 0.25) is 0 Å². The molecular weight excluding hydrogens is 360 g/mol. The molecule has 0 unspecified atom stereocenters. The molecule has 0 spiro atoms. The van der Waals surface area contributed by atoms with Gasteiger partial charge in [0.15, 0.2) is 0 Å². The van der Waals surface area contributed by atoms with Gasteiger partial charge in [0.2, 0.25) is 0 Å². The zero-order chi connectivity index (χ0) is 13.8. The highest BCUT2D eigenvalue weighted by Gasteiger charge is 2.09. The summed E-state index contributed by atoms with van der Waals surface area (Å²) in [6, 6.07) is 7.47. The molecule has 0 aliphatic heterocycles. The molecule has 0 radical (unpaired) electrons. The molecule has 0 bridgehead atoms. The molecule has 0 fully saturated rings. The van der Waals surface area contributed by atoms with Gasteiger partial charge in [-0.25, -0.2) is 9.37 Å². The highest BCUT2D eigenvalue weighted by Crippen LogP contribution is 2.20. The van der Waals surface area contributed by atoms with Crippen LogP contribution in [-0.4, -0.2) is 17.9 Å². The second kappa shape index (κ2) is 5.96. The number of carbonyl (C=O) groups excluding carboxylic acids is 1. The zero-order valence-electron chi connectivity index (χ0n) is 10.1. The first-order valence-electron chi connectivity index (χ1n) is 5.50. The predicted octanol–water partition coefficient (Wildman–Crippen LogP) is 3.12. The fraction of sp³-hybridized carbons (Fsp3) is 0.0769. The number of hydrogen-bond donors (Lipinski definition) is 2. The Morgan fingerprint density at radius 2 is 2.11 bits per heavy atom. The SMILES string of the molecule is CNc1cc(C(=O)Nc2ccc(F)cc2I)ccn1. The van der Waals surface area contributed by atoms with Crippen molar-refractivity contribution in [1.82, 2.24) is 4.98 Å². The minimum absolute atomic E-state index is 0.261. The number of anilines is 2. The Kier molecular flexibility index (Phi) is 4.31. The summed E-state index contributed by atoms with van der Waals surface area (Å²) >= 11 is 1.97. The standard InChI is InChI=1S/C13H11FIN3O/c1-16-12-6-8(4-5-17-12)13(19)18-11-3-2-9(14)7-10(11)15/h2-7H,1H3,(H,16,17)(H,18,19). The maximum absolute atomic E-state index is 13.0. The zero-order valence-corrected chi connectivity index (χ0v) is 12.2. The first-order valence-corrected chi connectivity index (χ1v) is 6.58. The minimum Gasteiger partial charge on any atom is -0.373 e. The lowest BCUT2D eigenvalue weighted by Gasteiger charge is -2.08. The molecule has 2 aromatic rings. The first-order chi connectivity index (χ1) is 9.10. The average Bonchev–Trinajstić information content (AvgIpc) is 2.42. The lowest BCUT2D eigenvalue weighted by atomic mass is 10.2. The van der Waals surface area contributed by atoms with Crippen molar-refractivity contribution in [3.8, 4) is 0 Å². The van der Waals surface area contributed by atoms with Gasteiger partial charge in [0.05, 0.1) is 5.69 Å². The molecule has 4 nitrogen and oxygen atoms in total. The van der Waals surface area contributed by atoms with Crippen LogP contribution >= 0.6 is 22.6 Å². The molecule has 0 aliphatic carbocycles. The van der Waals surface area contributed by atoms with E-state index in [9.17, 15) is 9.18 Å². The van der Waals surface area contributed by atoms with Crippen molar-refractivity contribution < 1.29 is 9.18 Å². The van der Waals surface area contributed by atoms with Gasteiger partial charge >= 0.3 is 0 Å². The Balaban J connectivity index is 2.20. The summed E-state index contributed by atoms with van der Waals surface area (Å²) < 4.78 is 13.6. The molecule has 0 atom stereocenters. The van der Waals surface area contributed by atoms with Gasteiger partial charge < -0.3 is 10.6 Å². The van der Waals surface area contributed by atoms with Crippen molar-refractivity contribution in [3.63, 3.8) is 0 Å². The van der Waals surface area contributed by atoms with Gasteiger partial charge in [-0.2, -0.15) is 0 Å². The van der Waals surface area contributed by atoms with Gasteiger partial charge in [0, 0.05) is 22.4 Å². The number of rotatable bonds is 3. The van der Waals surface area contributed by atoms with Crippen LogP contribution in [-0.2, 0) is 0 Å². The van der Waals surface area contributed by atoms with Crippen LogP contribution in [0.4, 0.5) is 15.9 Å². The Morgan fingerprint density at radius 1 is 1.32 bits per heavy atom. The lowest BCUT2D eigenvalue weighted by molar-refractivity contribution is 0.102. The van der Waals surface area contributed by atoms with Crippen molar-refractivity contribution in [2.75, 3.05) is 17.7 Å². The molecule has 6 heteroatoms. The molecule has 1 heterocycles. The molecule has 2 rings (SSSR count). The van der Waals surface area contributed by atoms with E-state index >= 15 is 0 Å². The fourth-order valence-electron chi connectivity index (χ4n) is 1.49. The van der Waals surface area contributed by atoms with E-state index in [0.717, 1.165) is 0 Å². The van der Waals surface area contributed by atoms with E-state index in [0.29, 0.717) is 20.6 Å². The van der Waals surface area contributed by atoms with Crippen LogP contribution in [0.25, 0.3) is 0 Å². The van der Waals surface area contributed by atoms with Crippen LogP contribution in [0.3, 0.4) is 0 Å². The van der Waals surface area contributed by atoms with E-state index in [4.69, 9.17) is 0 Å². The summed E-state index contributed by atoms with van der Waals surface area (Å²) in [4.78, 5) is 16.1. The van der Waals surface area contributed by atoms with Crippen LogP contribution < -0.4 is 10.6 Å². The van der Waals surface area contributed by atoms with Gasteiger partial charge in [-0.1, -0.05) is 0 Å². The molecule has 1 amide bonds. The van der Waals surface area contributed by atoms with E-state index in [2.05, 4.69) is 15.6 Å². The average molecular weight is 371 g/mol. The highest BCUT2D eigenvalue weighted by atomic mass is 127. The number of hydrogen-bond acceptors (Lipinski definition) is 3. The maximum Gasteiger partial charge on any atom is 0.255 e. The molecule has 0 aliphatic rings. The number of carbonyl (C=O) groups is 1. The molecule has 0 saturated carbocycles. The summed E-state index contributed by atoms with van der Waals surface area (Å²) in [5.74, 6) is 0.0219. The second-order valence-corrected chi connectivity index (χ2v) is 4.92. The number of aromatic nitrogens is 1. The number of benzene rings is 1.